The lowest BCUT2D eigenvalue weighted by Gasteiger charge is -1.98. The summed E-state index contributed by atoms with van der Waals surface area (Å²) in [7, 11) is 2.80. The van der Waals surface area contributed by atoms with Gasteiger partial charge in [-0.3, -0.25) is 0 Å². The van der Waals surface area contributed by atoms with Crippen LogP contribution in [-0.2, 0) is 4.74 Å². The fourth-order valence-corrected chi connectivity index (χ4v) is 0.812. The van der Waals surface area contributed by atoms with Gasteiger partial charge in [0.15, 0.2) is 0 Å². The van der Waals surface area contributed by atoms with Gasteiger partial charge < -0.3 is 9.47 Å². The van der Waals surface area contributed by atoms with Crippen LogP contribution in [0.3, 0.4) is 0 Å². The van der Waals surface area contributed by atoms with Crippen LogP contribution in [0.4, 0.5) is 10.5 Å². The third kappa shape index (κ3) is 2.85. The first-order valence-corrected chi connectivity index (χ1v) is 3.90. The summed E-state index contributed by atoms with van der Waals surface area (Å²) in [6.45, 7) is 0. The van der Waals surface area contributed by atoms with Gasteiger partial charge in [0.25, 0.3) is 0 Å². The fraction of sp³-hybridized carbons (Fsp3) is 0.222. The van der Waals surface area contributed by atoms with Gasteiger partial charge in [0.05, 0.1) is 19.9 Å². The molecule has 5 heteroatoms. The lowest BCUT2D eigenvalue weighted by molar-refractivity contribution is 0.181. The Morgan fingerprint density at radius 1 is 1.36 bits per heavy atom. The maximum absolute atomic E-state index is 10.6. The number of carbonyl (C=O) groups is 1. The monoisotopic (exact) mass is 194 g/mol. The van der Waals surface area contributed by atoms with Crippen molar-refractivity contribution in [2.45, 2.75) is 0 Å². The molecule has 0 radical (unpaired) electrons. The van der Waals surface area contributed by atoms with Gasteiger partial charge in [0.2, 0.25) is 0 Å². The normalized spacial score (nSPS) is 10.1. The lowest BCUT2D eigenvalue weighted by Crippen LogP contribution is -1.89. The summed E-state index contributed by atoms with van der Waals surface area (Å²) >= 11 is 0. The molecule has 0 aliphatic heterocycles. The molecule has 0 aliphatic rings. The van der Waals surface area contributed by atoms with E-state index in [1.807, 2.05) is 0 Å². The summed E-state index contributed by atoms with van der Waals surface area (Å²) in [5.74, 6) is 0.659. The predicted molar refractivity (Wildman–Crippen MR) is 49.9 cm³/mol. The third-order valence-corrected chi connectivity index (χ3v) is 1.48. The molecule has 0 bridgehead atoms. The minimum atomic E-state index is -0.729. The minimum absolute atomic E-state index is 0.537. The van der Waals surface area contributed by atoms with E-state index >= 15 is 0 Å². The van der Waals surface area contributed by atoms with Gasteiger partial charge in [-0.15, -0.1) is 5.11 Å². The van der Waals surface area contributed by atoms with Gasteiger partial charge in [-0.2, -0.15) is 0 Å². The second-order valence-corrected chi connectivity index (χ2v) is 2.37. The molecule has 0 heterocycles. The van der Waals surface area contributed by atoms with E-state index in [4.69, 9.17) is 4.74 Å². The molecule has 0 spiro atoms. The summed E-state index contributed by atoms with van der Waals surface area (Å²) in [5.41, 5.74) is 0.537. The van der Waals surface area contributed by atoms with Crippen LogP contribution in [0.15, 0.2) is 34.5 Å². The molecule has 0 saturated heterocycles. The highest BCUT2D eigenvalue weighted by molar-refractivity contribution is 5.67. The van der Waals surface area contributed by atoms with Gasteiger partial charge >= 0.3 is 6.09 Å². The van der Waals surface area contributed by atoms with Crippen molar-refractivity contribution < 1.29 is 14.3 Å². The summed E-state index contributed by atoms with van der Waals surface area (Å²) in [5, 5.41) is 6.95. The van der Waals surface area contributed by atoms with Crippen molar-refractivity contribution in [3.8, 4) is 5.75 Å². The molecule has 1 amide bonds. The average molecular weight is 194 g/mol. The lowest BCUT2D eigenvalue weighted by atomic mass is 10.3. The second-order valence-electron chi connectivity index (χ2n) is 2.37. The molecule has 0 fully saturated rings. The number of methoxy groups -OCH3 is 2. The summed E-state index contributed by atoms with van der Waals surface area (Å²) in [6, 6.07) is 6.89. The van der Waals surface area contributed by atoms with Crippen molar-refractivity contribution in [2.24, 2.45) is 10.2 Å². The zero-order valence-electron chi connectivity index (χ0n) is 7.93. The molecule has 0 N–H and O–H groups in total. The molecule has 1 aromatic carbocycles. The Balaban J connectivity index is 2.76. The number of benzene rings is 1. The first-order valence-electron chi connectivity index (χ1n) is 3.90. The highest BCUT2D eigenvalue weighted by Gasteiger charge is 1.96. The zero-order chi connectivity index (χ0) is 10.4. The minimum Gasteiger partial charge on any atom is -0.497 e. The Kier molecular flexibility index (Phi) is 3.60. The Morgan fingerprint density at radius 2 is 2.14 bits per heavy atom. The topological polar surface area (TPSA) is 60.2 Å². The van der Waals surface area contributed by atoms with Crippen LogP contribution in [0.25, 0.3) is 0 Å². The van der Waals surface area contributed by atoms with Crippen LogP contribution in [0.2, 0.25) is 0 Å². The van der Waals surface area contributed by atoms with Crippen molar-refractivity contribution >= 4 is 11.8 Å². The van der Waals surface area contributed by atoms with E-state index < -0.39 is 6.09 Å². The summed E-state index contributed by atoms with van der Waals surface area (Å²) < 4.78 is 9.27. The first-order chi connectivity index (χ1) is 6.76. The van der Waals surface area contributed by atoms with Gasteiger partial charge in [-0.25, -0.2) is 4.79 Å². The molecular weight excluding hydrogens is 184 g/mol. The quantitative estimate of drug-likeness (QED) is 0.679. The summed E-state index contributed by atoms with van der Waals surface area (Å²) in [4.78, 5) is 10.6. The molecule has 14 heavy (non-hydrogen) atoms. The van der Waals surface area contributed by atoms with Crippen molar-refractivity contribution in [2.75, 3.05) is 14.2 Å². The van der Waals surface area contributed by atoms with E-state index in [1.54, 1.807) is 31.4 Å². The van der Waals surface area contributed by atoms with E-state index in [0.29, 0.717) is 11.4 Å². The van der Waals surface area contributed by atoms with Gasteiger partial charge in [0.1, 0.15) is 5.75 Å². The summed E-state index contributed by atoms with van der Waals surface area (Å²) in [6.07, 6.45) is -0.729. The number of azo groups is 1. The number of nitrogens with zero attached hydrogens (tertiary/aromatic N) is 2. The van der Waals surface area contributed by atoms with E-state index in [9.17, 15) is 4.79 Å². The molecule has 0 saturated carbocycles. The van der Waals surface area contributed by atoms with E-state index in [1.165, 1.54) is 7.11 Å². The highest BCUT2D eigenvalue weighted by atomic mass is 16.5. The number of hydrogen-bond acceptors (Lipinski definition) is 4. The van der Waals surface area contributed by atoms with Crippen molar-refractivity contribution in [3.63, 3.8) is 0 Å². The van der Waals surface area contributed by atoms with Gasteiger partial charge in [-0.1, -0.05) is 11.2 Å². The Morgan fingerprint density at radius 3 is 2.79 bits per heavy atom. The smallest absolute Gasteiger partial charge is 0.452 e. The van der Waals surface area contributed by atoms with Crippen LogP contribution >= 0.6 is 0 Å². The second kappa shape index (κ2) is 4.96. The number of amides is 1. The Labute approximate surface area is 81.4 Å². The van der Waals surface area contributed by atoms with Crippen LogP contribution in [0, 0.1) is 0 Å². The van der Waals surface area contributed by atoms with Crippen LogP contribution in [0.5, 0.6) is 5.75 Å². The standard InChI is InChI=1S/C9H10N2O3/c1-13-8-5-3-4-7(6-8)10-11-9(12)14-2/h3-6H,1-2H3. The maximum atomic E-state index is 10.6. The van der Waals surface area contributed by atoms with Crippen molar-refractivity contribution in [1.82, 2.24) is 0 Å². The van der Waals surface area contributed by atoms with Gasteiger partial charge in [-0.05, 0) is 12.1 Å². The number of carbonyl (C=O) groups excluding carboxylic acids is 1. The Hall–Kier alpha value is -1.91. The molecule has 1 aromatic rings. The molecule has 74 valence electrons. The van der Waals surface area contributed by atoms with Crippen LogP contribution < -0.4 is 4.74 Å². The van der Waals surface area contributed by atoms with Crippen molar-refractivity contribution in [1.29, 1.82) is 0 Å². The first kappa shape index (κ1) is 10.2. The molecule has 0 atom stereocenters. The van der Waals surface area contributed by atoms with Gasteiger partial charge in [0, 0.05) is 6.07 Å². The molecule has 0 aliphatic carbocycles. The zero-order valence-corrected chi connectivity index (χ0v) is 7.93. The number of rotatable bonds is 2. The van der Waals surface area contributed by atoms with E-state index in [-0.39, 0.29) is 0 Å². The number of ether oxygens (including phenoxy) is 2. The SMILES string of the molecule is COC(=O)N=Nc1cccc(OC)c1. The molecule has 1 rings (SSSR count). The fourth-order valence-electron chi connectivity index (χ4n) is 0.812. The molecule has 0 unspecified atom stereocenters. The van der Waals surface area contributed by atoms with E-state index in [2.05, 4.69) is 15.0 Å². The van der Waals surface area contributed by atoms with Crippen LogP contribution in [0.1, 0.15) is 0 Å². The largest absolute Gasteiger partial charge is 0.497 e. The molecule has 5 nitrogen and oxygen atoms in total. The maximum Gasteiger partial charge on any atom is 0.452 e. The molecular formula is C9H10N2O3. The van der Waals surface area contributed by atoms with Crippen LogP contribution in [-0.4, -0.2) is 20.3 Å². The predicted octanol–water partition coefficient (Wildman–Crippen LogP) is 2.55. The van der Waals surface area contributed by atoms with E-state index in [0.717, 1.165) is 0 Å². The Bertz CT molecular complexity index is 350. The highest BCUT2D eigenvalue weighted by Crippen LogP contribution is 2.19. The average Bonchev–Trinajstić information content (AvgIpc) is 2.26. The third-order valence-electron chi connectivity index (χ3n) is 1.48. The number of hydrogen-bond donors (Lipinski definition) is 0. The van der Waals surface area contributed by atoms with Crippen molar-refractivity contribution in [3.05, 3.63) is 24.3 Å². The molecule has 0 aromatic heterocycles.